The van der Waals surface area contributed by atoms with E-state index in [1.165, 1.54) is 6.07 Å². The van der Waals surface area contributed by atoms with Gasteiger partial charge in [0.1, 0.15) is 5.03 Å². The lowest BCUT2D eigenvalue weighted by molar-refractivity contribution is 0.586. The smallest absolute Gasteiger partial charge is 0.172 e. The standard InChI is InChI=1S/C12H8BrFN4S/c13-6-3-8(14)11(16-5-6)19-12-17-9-2-1-7(15)4-10(9)18-12/h1-5H,15H2,(H,17,18). The molecule has 19 heavy (non-hydrogen) atoms. The van der Waals surface area contributed by atoms with Crippen molar-refractivity contribution in [2.75, 3.05) is 5.73 Å². The Morgan fingerprint density at radius 1 is 1.32 bits per heavy atom. The van der Waals surface area contributed by atoms with Crippen molar-refractivity contribution in [1.82, 2.24) is 15.0 Å². The first-order chi connectivity index (χ1) is 9.11. The van der Waals surface area contributed by atoms with Crippen LogP contribution in [0.25, 0.3) is 11.0 Å². The normalized spacial score (nSPS) is 11.1. The average Bonchev–Trinajstić information content (AvgIpc) is 2.74. The van der Waals surface area contributed by atoms with Gasteiger partial charge in [-0.2, -0.15) is 0 Å². The number of nitrogens with zero attached hydrogens (tertiary/aromatic N) is 2. The van der Waals surface area contributed by atoms with Crippen molar-refractivity contribution < 1.29 is 4.39 Å². The molecule has 0 amide bonds. The summed E-state index contributed by atoms with van der Waals surface area (Å²) in [6, 6.07) is 6.75. The number of aromatic nitrogens is 3. The Bertz CT molecular complexity index is 759. The van der Waals surface area contributed by atoms with E-state index in [1.807, 2.05) is 6.07 Å². The third-order valence-corrected chi connectivity index (χ3v) is 3.77. The van der Waals surface area contributed by atoms with E-state index in [-0.39, 0.29) is 10.8 Å². The molecule has 0 aliphatic heterocycles. The van der Waals surface area contributed by atoms with Crippen LogP contribution in [0.5, 0.6) is 0 Å². The summed E-state index contributed by atoms with van der Waals surface area (Å²) in [5.41, 5.74) is 7.95. The van der Waals surface area contributed by atoms with Gasteiger partial charge >= 0.3 is 0 Å². The molecule has 0 atom stereocenters. The van der Waals surface area contributed by atoms with Crippen LogP contribution in [0.4, 0.5) is 10.1 Å². The number of rotatable bonds is 2. The van der Waals surface area contributed by atoms with Crippen molar-refractivity contribution in [3.63, 3.8) is 0 Å². The van der Waals surface area contributed by atoms with Crippen LogP contribution in [0, 0.1) is 5.82 Å². The number of nitrogens with two attached hydrogens (primary N) is 1. The van der Waals surface area contributed by atoms with Crippen LogP contribution in [-0.2, 0) is 0 Å². The fourth-order valence-electron chi connectivity index (χ4n) is 1.62. The fourth-order valence-corrected chi connectivity index (χ4v) is 2.67. The fraction of sp³-hybridized carbons (Fsp3) is 0. The van der Waals surface area contributed by atoms with E-state index in [9.17, 15) is 4.39 Å². The van der Waals surface area contributed by atoms with Gasteiger partial charge in [-0.3, -0.25) is 0 Å². The monoisotopic (exact) mass is 338 g/mol. The number of fused-ring (bicyclic) bond motifs is 1. The van der Waals surface area contributed by atoms with Crippen LogP contribution in [0.15, 0.2) is 45.1 Å². The summed E-state index contributed by atoms with van der Waals surface area (Å²) in [6.45, 7) is 0. The Labute approximate surface area is 120 Å². The summed E-state index contributed by atoms with van der Waals surface area (Å²) >= 11 is 4.31. The summed E-state index contributed by atoms with van der Waals surface area (Å²) in [7, 11) is 0. The van der Waals surface area contributed by atoms with Crippen molar-refractivity contribution in [2.24, 2.45) is 0 Å². The number of halogens is 2. The number of H-pyrrole nitrogens is 1. The first-order valence-electron chi connectivity index (χ1n) is 5.36. The van der Waals surface area contributed by atoms with Crippen LogP contribution in [0.1, 0.15) is 0 Å². The van der Waals surface area contributed by atoms with Gasteiger partial charge in [-0.25, -0.2) is 14.4 Å². The number of imidazole rings is 1. The number of hydrogen-bond donors (Lipinski definition) is 2. The Kier molecular flexibility index (Phi) is 3.16. The molecule has 1 aromatic carbocycles. The van der Waals surface area contributed by atoms with Crippen molar-refractivity contribution in [1.29, 1.82) is 0 Å². The number of nitrogens with one attached hydrogen (secondary N) is 1. The lowest BCUT2D eigenvalue weighted by atomic mass is 10.3. The highest BCUT2D eigenvalue weighted by Gasteiger charge is 2.10. The minimum Gasteiger partial charge on any atom is -0.399 e. The molecule has 0 radical (unpaired) electrons. The third kappa shape index (κ3) is 2.57. The highest BCUT2D eigenvalue weighted by atomic mass is 79.9. The van der Waals surface area contributed by atoms with Crippen molar-refractivity contribution >= 4 is 44.4 Å². The predicted octanol–water partition coefficient (Wildman–Crippen LogP) is 3.59. The van der Waals surface area contributed by atoms with E-state index < -0.39 is 0 Å². The average molecular weight is 339 g/mol. The molecule has 0 saturated heterocycles. The third-order valence-electron chi connectivity index (χ3n) is 2.45. The summed E-state index contributed by atoms with van der Waals surface area (Å²) in [4.78, 5) is 11.4. The van der Waals surface area contributed by atoms with E-state index in [2.05, 4.69) is 30.9 Å². The van der Waals surface area contributed by atoms with Gasteiger partial charge in [0.2, 0.25) is 0 Å². The van der Waals surface area contributed by atoms with Crippen LogP contribution < -0.4 is 5.73 Å². The number of nitrogen functional groups attached to an aromatic ring is 1. The van der Waals surface area contributed by atoms with Gasteiger partial charge in [-0.15, -0.1) is 0 Å². The van der Waals surface area contributed by atoms with E-state index in [4.69, 9.17) is 5.73 Å². The van der Waals surface area contributed by atoms with Crippen LogP contribution >= 0.6 is 27.7 Å². The molecule has 7 heteroatoms. The number of pyridine rings is 1. The Balaban J connectivity index is 1.96. The predicted molar refractivity (Wildman–Crippen MR) is 76.5 cm³/mol. The molecule has 2 heterocycles. The minimum atomic E-state index is -0.389. The highest BCUT2D eigenvalue weighted by molar-refractivity contribution is 9.10. The zero-order valence-corrected chi connectivity index (χ0v) is 11.9. The second-order valence-electron chi connectivity index (χ2n) is 3.86. The topological polar surface area (TPSA) is 67.6 Å². The van der Waals surface area contributed by atoms with Crippen molar-refractivity contribution in [3.05, 3.63) is 40.8 Å². The van der Waals surface area contributed by atoms with Gasteiger partial charge in [0, 0.05) is 16.4 Å². The summed E-state index contributed by atoms with van der Waals surface area (Å²) < 4.78 is 14.3. The van der Waals surface area contributed by atoms with Crippen LogP contribution in [0.2, 0.25) is 0 Å². The Morgan fingerprint density at radius 3 is 2.95 bits per heavy atom. The van der Waals surface area contributed by atoms with Crippen LogP contribution in [-0.4, -0.2) is 15.0 Å². The van der Waals surface area contributed by atoms with Gasteiger partial charge in [0.05, 0.1) is 11.0 Å². The van der Waals surface area contributed by atoms with Gasteiger partial charge in [-0.1, -0.05) is 0 Å². The Morgan fingerprint density at radius 2 is 2.16 bits per heavy atom. The number of aromatic amines is 1. The summed E-state index contributed by atoms with van der Waals surface area (Å²) in [6.07, 6.45) is 1.55. The second kappa shape index (κ2) is 4.82. The molecule has 3 rings (SSSR count). The van der Waals surface area contributed by atoms with Gasteiger partial charge in [0.15, 0.2) is 11.0 Å². The molecule has 0 fully saturated rings. The molecule has 2 aromatic heterocycles. The minimum absolute atomic E-state index is 0.273. The molecular formula is C12H8BrFN4S. The van der Waals surface area contributed by atoms with E-state index >= 15 is 0 Å². The first-order valence-corrected chi connectivity index (χ1v) is 6.97. The molecule has 0 bridgehead atoms. The van der Waals surface area contributed by atoms with Crippen molar-refractivity contribution in [2.45, 2.75) is 10.2 Å². The maximum absolute atomic E-state index is 13.7. The molecule has 0 spiro atoms. The molecule has 0 aliphatic rings. The molecular weight excluding hydrogens is 331 g/mol. The van der Waals surface area contributed by atoms with Crippen LogP contribution in [0.3, 0.4) is 0 Å². The lowest BCUT2D eigenvalue weighted by Gasteiger charge is -1.99. The lowest BCUT2D eigenvalue weighted by Crippen LogP contribution is -1.87. The molecule has 3 aromatic rings. The first kappa shape index (κ1) is 12.4. The van der Waals surface area contributed by atoms with E-state index in [0.717, 1.165) is 22.8 Å². The molecule has 4 nitrogen and oxygen atoms in total. The molecule has 3 N–H and O–H groups in total. The maximum Gasteiger partial charge on any atom is 0.172 e. The maximum atomic E-state index is 13.7. The zero-order valence-electron chi connectivity index (χ0n) is 9.52. The number of benzene rings is 1. The Hall–Kier alpha value is -1.60. The van der Waals surface area contributed by atoms with Gasteiger partial charge < -0.3 is 10.7 Å². The number of anilines is 1. The molecule has 96 valence electrons. The van der Waals surface area contributed by atoms with Gasteiger partial charge in [0.25, 0.3) is 0 Å². The SMILES string of the molecule is Nc1ccc2nc(Sc3ncc(Br)cc3F)[nH]c2c1. The van der Waals surface area contributed by atoms with Crippen molar-refractivity contribution in [3.8, 4) is 0 Å². The highest BCUT2D eigenvalue weighted by Crippen LogP contribution is 2.29. The summed E-state index contributed by atoms with van der Waals surface area (Å²) in [5, 5.41) is 0.851. The quantitative estimate of drug-likeness (QED) is 0.700. The van der Waals surface area contributed by atoms with E-state index in [1.54, 1.807) is 18.3 Å². The van der Waals surface area contributed by atoms with E-state index in [0.29, 0.717) is 15.3 Å². The molecule has 0 aliphatic carbocycles. The zero-order chi connectivity index (χ0) is 13.4. The molecule has 0 saturated carbocycles. The summed E-state index contributed by atoms with van der Waals surface area (Å²) in [5.74, 6) is -0.389. The van der Waals surface area contributed by atoms with Gasteiger partial charge in [-0.05, 0) is 52.0 Å². The number of hydrogen-bond acceptors (Lipinski definition) is 4. The second-order valence-corrected chi connectivity index (χ2v) is 5.75. The largest absolute Gasteiger partial charge is 0.399 e. The molecule has 0 unspecified atom stereocenters.